The second kappa shape index (κ2) is 4.67. The van der Waals surface area contributed by atoms with E-state index in [0.29, 0.717) is 23.5 Å². The van der Waals surface area contributed by atoms with Crippen molar-refractivity contribution < 1.29 is 0 Å². The van der Waals surface area contributed by atoms with E-state index >= 15 is 0 Å². The zero-order valence-electron chi connectivity index (χ0n) is 14.1. The lowest BCUT2D eigenvalue weighted by Gasteiger charge is -2.39. The van der Waals surface area contributed by atoms with Crippen LogP contribution in [-0.4, -0.2) is 27.3 Å². The van der Waals surface area contributed by atoms with Crippen molar-refractivity contribution in [3.8, 4) is 0 Å². The second-order valence-electron chi connectivity index (χ2n) is 8.91. The Bertz CT molecular complexity index is 663. The molecule has 2 bridgehead atoms. The number of nitrogens with zero attached hydrogens (tertiary/aromatic N) is 3. The number of hydrogen-bond acceptors (Lipinski definition) is 3. The minimum Gasteiger partial charge on any atom is -0.281 e. The van der Waals surface area contributed by atoms with Crippen molar-refractivity contribution in [2.45, 2.75) is 72.0 Å². The fourth-order valence-electron chi connectivity index (χ4n) is 5.45. The Balaban J connectivity index is 1.59. The highest BCUT2D eigenvalue weighted by Crippen LogP contribution is 2.52. The molecule has 4 nitrogen and oxygen atoms in total. The van der Waals surface area contributed by atoms with Gasteiger partial charge in [-0.2, -0.15) is 5.10 Å². The lowest BCUT2D eigenvalue weighted by Crippen LogP contribution is -2.38. The third kappa shape index (κ3) is 2.41. The molecule has 22 heavy (non-hydrogen) atoms. The molecular weight excluding hydrogens is 274 g/mol. The molecule has 2 atom stereocenters. The normalized spacial score (nSPS) is 33.1. The molecule has 3 aliphatic rings. The number of hydrogen-bond donors (Lipinski definition) is 0. The Kier molecular flexibility index (Phi) is 3.06. The van der Waals surface area contributed by atoms with Crippen molar-refractivity contribution in [1.29, 1.82) is 0 Å². The maximum absolute atomic E-state index is 12.3. The number of aryl methyl sites for hydroxylation is 2. The van der Waals surface area contributed by atoms with Gasteiger partial charge in [-0.3, -0.25) is 9.69 Å². The van der Waals surface area contributed by atoms with E-state index in [4.69, 9.17) is 0 Å². The van der Waals surface area contributed by atoms with Crippen molar-refractivity contribution >= 4 is 0 Å². The summed E-state index contributed by atoms with van der Waals surface area (Å²) in [6.45, 7) is 8.97. The van der Waals surface area contributed by atoms with Crippen molar-refractivity contribution in [3.63, 3.8) is 0 Å². The van der Waals surface area contributed by atoms with E-state index in [1.165, 1.54) is 24.8 Å². The van der Waals surface area contributed by atoms with Crippen LogP contribution in [0.5, 0.6) is 0 Å². The smallest absolute Gasteiger partial charge is 0.268 e. The van der Waals surface area contributed by atoms with E-state index < -0.39 is 0 Å². The van der Waals surface area contributed by atoms with Crippen molar-refractivity contribution in [3.05, 3.63) is 27.7 Å². The minimum atomic E-state index is 0.0755. The molecule has 1 aromatic heterocycles. The van der Waals surface area contributed by atoms with Gasteiger partial charge in [0, 0.05) is 18.7 Å². The van der Waals surface area contributed by atoms with Gasteiger partial charge in [0.1, 0.15) is 0 Å². The van der Waals surface area contributed by atoms with E-state index in [2.05, 4.69) is 30.8 Å². The second-order valence-corrected chi connectivity index (χ2v) is 8.91. The largest absolute Gasteiger partial charge is 0.281 e. The average molecular weight is 301 g/mol. The van der Waals surface area contributed by atoms with Crippen LogP contribution in [0.15, 0.2) is 10.9 Å². The fraction of sp³-hybridized carbons (Fsp3) is 0.778. The number of fused-ring (bicyclic) bond motifs is 3. The fourth-order valence-corrected chi connectivity index (χ4v) is 5.45. The van der Waals surface area contributed by atoms with Crippen LogP contribution in [0.3, 0.4) is 0 Å². The van der Waals surface area contributed by atoms with Crippen LogP contribution in [-0.2, 0) is 19.5 Å². The lowest BCUT2D eigenvalue weighted by molar-refractivity contribution is 0.119. The molecule has 1 saturated heterocycles. The molecule has 0 aromatic carbocycles. The molecule has 4 rings (SSSR count). The first-order valence-corrected chi connectivity index (χ1v) is 8.68. The molecule has 2 aliphatic carbocycles. The minimum absolute atomic E-state index is 0.0755. The molecule has 4 heteroatoms. The average Bonchev–Trinajstić information content (AvgIpc) is 2.91. The van der Waals surface area contributed by atoms with Gasteiger partial charge in [-0.15, -0.1) is 0 Å². The van der Waals surface area contributed by atoms with Gasteiger partial charge in [-0.05, 0) is 54.9 Å². The predicted octanol–water partition coefficient (Wildman–Crippen LogP) is 2.59. The summed E-state index contributed by atoms with van der Waals surface area (Å²) >= 11 is 0. The molecule has 1 unspecified atom stereocenters. The number of likely N-dealkylation sites (tertiary alicyclic amines) is 1. The van der Waals surface area contributed by atoms with Gasteiger partial charge in [0.2, 0.25) is 0 Å². The first-order chi connectivity index (χ1) is 10.3. The standard InChI is InChI=1S/C18H27N3O/c1-17(2)8-14-9-18(3,10-17)11-20(14)12-21-16(22)7-13-5-4-6-15(13)19-21/h7,14H,4-6,8-12H2,1-3H3/t14-,18?/m1/s1. The van der Waals surface area contributed by atoms with Crippen molar-refractivity contribution in [1.82, 2.24) is 14.7 Å². The van der Waals surface area contributed by atoms with Gasteiger partial charge in [0.05, 0.1) is 12.4 Å². The molecule has 0 spiro atoms. The summed E-state index contributed by atoms with van der Waals surface area (Å²) in [5.41, 5.74) is 3.23. The van der Waals surface area contributed by atoms with Crippen molar-refractivity contribution in [2.24, 2.45) is 10.8 Å². The topological polar surface area (TPSA) is 38.1 Å². The maximum Gasteiger partial charge on any atom is 0.268 e. The number of rotatable bonds is 2. The predicted molar refractivity (Wildman–Crippen MR) is 86.8 cm³/mol. The molecular formula is C18H27N3O. The molecule has 2 fully saturated rings. The zero-order valence-corrected chi connectivity index (χ0v) is 14.1. The maximum atomic E-state index is 12.3. The Morgan fingerprint density at radius 2 is 2.09 bits per heavy atom. The van der Waals surface area contributed by atoms with E-state index in [1.54, 1.807) is 4.68 Å². The summed E-state index contributed by atoms with van der Waals surface area (Å²) < 4.78 is 1.71. The Hall–Kier alpha value is -1.16. The van der Waals surface area contributed by atoms with Gasteiger partial charge in [-0.25, -0.2) is 4.68 Å². The van der Waals surface area contributed by atoms with Crippen LogP contribution in [0.4, 0.5) is 0 Å². The van der Waals surface area contributed by atoms with Crippen molar-refractivity contribution in [2.75, 3.05) is 6.54 Å². The van der Waals surface area contributed by atoms with Crippen LogP contribution in [0.2, 0.25) is 0 Å². The molecule has 2 heterocycles. The van der Waals surface area contributed by atoms with Crippen LogP contribution in [0, 0.1) is 10.8 Å². The summed E-state index contributed by atoms with van der Waals surface area (Å²) in [6, 6.07) is 2.43. The SMILES string of the molecule is CC1(C)C[C@@H]2CC(C)(CN2Cn2nc3c(cc2=O)CCC3)C1. The van der Waals surface area contributed by atoms with E-state index in [1.807, 2.05) is 6.07 Å². The quantitative estimate of drug-likeness (QED) is 0.843. The van der Waals surface area contributed by atoms with E-state index in [9.17, 15) is 4.79 Å². The summed E-state index contributed by atoms with van der Waals surface area (Å²) in [4.78, 5) is 14.8. The highest BCUT2D eigenvalue weighted by atomic mass is 16.1. The number of aromatic nitrogens is 2. The van der Waals surface area contributed by atoms with Gasteiger partial charge in [0.15, 0.2) is 0 Å². The Morgan fingerprint density at radius 1 is 1.27 bits per heavy atom. The molecule has 0 amide bonds. The molecule has 1 aromatic rings. The van der Waals surface area contributed by atoms with Crippen LogP contribution in [0.25, 0.3) is 0 Å². The van der Waals surface area contributed by atoms with Gasteiger partial charge < -0.3 is 0 Å². The van der Waals surface area contributed by atoms with Gasteiger partial charge >= 0.3 is 0 Å². The Morgan fingerprint density at radius 3 is 2.91 bits per heavy atom. The van der Waals surface area contributed by atoms with Gasteiger partial charge in [0.25, 0.3) is 5.56 Å². The summed E-state index contributed by atoms with van der Waals surface area (Å²) in [6.07, 6.45) is 7.00. The Labute approximate surface area is 132 Å². The van der Waals surface area contributed by atoms with Crippen LogP contribution < -0.4 is 5.56 Å². The third-order valence-electron chi connectivity index (χ3n) is 5.86. The highest BCUT2D eigenvalue weighted by molar-refractivity contribution is 5.22. The van der Waals surface area contributed by atoms with E-state index in [0.717, 1.165) is 31.5 Å². The summed E-state index contributed by atoms with van der Waals surface area (Å²) in [5, 5.41) is 4.65. The molecule has 0 radical (unpaired) electrons. The first kappa shape index (κ1) is 14.4. The lowest BCUT2D eigenvalue weighted by atomic mass is 9.65. The third-order valence-corrected chi connectivity index (χ3v) is 5.86. The highest BCUT2D eigenvalue weighted by Gasteiger charge is 2.49. The van der Waals surface area contributed by atoms with Crippen LogP contribution >= 0.6 is 0 Å². The molecule has 0 N–H and O–H groups in total. The molecule has 120 valence electrons. The van der Waals surface area contributed by atoms with E-state index in [-0.39, 0.29) is 5.56 Å². The monoisotopic (exact) mass is 301 g/mol. The van der Waals surface area contributed by atoms with Gasteiger partial charge in [-0.1, -0.05) is 20.8 Å². The first-order valence-electron chi connectivity index (χ1n) is 8.68. The van der Waals surface area contributed by atoms with Crippen LogP contribution in [0.1, 0.15) is 57.7 Å². The summed E-state index contributed by atoms with van der Waals surface area (Å²) in [7, 11) is 0. The molecule has 1 aliphatic heterocycles. The summed E-state index contributed by atoms with van der Waals surface area (Å²) in [5.74, 6) is 0. The zero-order chi connectivity index (χ0) is 15.5. The molecule has 1 saturated carbocycles.